The minimum Gasteiger partial charge on any atom is -0.385 e. The van der Waals surface area contributed by atoms with Crippen LogP contribution in [0.15, 0.2) is 24.5 Å². The Kier molecular flexibility index (Phi) is 2.76. The number of hydrogen-bond donors (Lipinski definition) is 2. The van der Waals surface area contributed by atoms with E-state index in [0.29, 0.717) is 0 Å². The average Bonchev–Trinajstić information content (AvgIpc) is 2.54. The Morgan fingerprint density at radius 2 is 2.20 bits per heavy atom. The summed E-state index contributed by atoms with van der Waals surface area (Å²) < 4.78 is 0. The number of aromatic nitrogens is 3. The second-order valence-electron chi connectivity index (χ2n) is 5.44. The molecule has 102 valence electrons. The van der Waals surface area contributed by atoms with Crippen molar-refractivity contribution >= 4 is 11.5 Å². The maximum absolute atomic E-state index is 4.64. The van der Waals surface area contributed by atoms with Crippen LogP contribution in [0.1, 0.15) is 35.7 Å². The van der Waals surface area contributed by atoms with Crippen LogP contribution in [0.5, 0.6) is 0 Å². The lowest BCUT2D eigenvalue weighted by molar-refractivity contribution is 0.638. The standard InChI is InChI=1S/C15H17N5/c1-2-11-9-17-14(8-13(11)16-6-1)12-4-3-10-5-7-18-20-15(10)19-12/h5,7-9,12,16H,1-4,6H2,(H,19,20). The van der Waals surface area contributed by atoms with E-state index in [2.05, 4.69) is 31.9 Å². The predicted molar refractivity (Wildman–Crippen MR) is 77.8 cm³/mol. The normalized spacial score (nSPS) is 20.3. The summed E-state index contributed by atoms with van der Waals surface area (Å²) in [5.41, 5.74) is 4.91. The van der Waals surface area contributed by atoms with Gasteiger partial charge in [0.25, 0.3) is 0 Å². The molecule has 0 radical (unpaired) electrons. The highest BCUT2D eigenvalue weighted by atomic mass is 15.2. The Morgan fingerprint density at radius 1 is 1.20 bits per heavy atom. The lowest BCUT2D eigenvalue weighted by Gasteiger charge is -2.26. The van der Waals surface area contributed by atoms with Gasteiger partial charge in [-0.15, -0.1) is 5.10 Å². The van der Waals surface area contributed by atoms with Crippen molar-refractivity contribution in [1.29, 1.82) is 0 Å². The summed E-state index contributed by atoms with van der Waals surface area (Å²) in [6.45, 7) is 1.06. The number of hydrogen-bond acceptors (Lipinski definition) is 5. The van der Waals surface area contributed by atoms with Crippen LogP contribution in [0, 0.1) is 0 Å². The molecule has 1 unspecified atom stereocenters. The Morgan fingerprint density at radius 3 is 3.20 bits per heavy atom. The summed E-state index contributed by atoms with van der Waals surface area (Å²) in [4.78, 5) is 4.64. The first-order chi connectivity index (χ1) is 9.90. The zero-order chi connectivity index (χ0) is 13.4. The molecule has 4 heterocycles. The van der Waals surface area contributed by atoms with Gasteiger partial charge in [-0.1, -0.05) is 0 Å². The number of pyridine rings is 1. The van der Waals surface area contributed by atoms with Crippen molar-refractivity contribution < 1.29 is 0 Å². The molecule has 2 aromatic rings. The van der Waals surface area contributed by atoms with Gasteiger partial charge in [0.15, 0.2) is 5.82 Å². The minimum absolute atomic E-state index is 0.230. The van der Waals surface area contributed by atoms with Gasteiger partial charge in [0.2, 0.25) is 0 Å². The number of anilines is 2. The first kappa shape index (κ1) is 11.6. The van der Waals surface area contributed by atoms with Gasteiger partial charge in [-0.05, 0) is 48.9 Å². The number of nitrogens with zero attached hydrogens (tertiary/aromatic N) is 3. The van der Waals surface area contributed by atoms with Gasteiger partial charge in [0, 0.05) is 18.4 Å². The summed E-state index contributed by atoms with van der Waals surface area (Å²) in [5, 5.41) is 15.1. The molecule has 0 fully saturated rings. The largest absolute Gasteiger partial charge is 0.385 e. The fourth-order valence-corrected chi connectivity index (χ4v) is 3.00. The first-order valence-electron chi connectivity index (χ1n) is 7.20. The van der Waals surface area contributed by atoms with Crippen molar-refractivity contribution in [2.24, 2.45) is 0 Å². The molecule has 2 aromatic heterocycles. The monoisotopic (exact) mass is 267 g/mol. The average molecular weight is 267 g/mol. The number of nitrogens with one attached hydrogen (secondary N) is 2. The molecular formula is C15H17N5. The van der Waals surface area contributed by atoms with E-state index >= 15 is 0 Å². The summed E-state index contributed by atoms with van der Waals surface area (Å²) in [6.07, 6.45) is 8.16. The molecule has 4 rings (SSSR count). The quantitative estimate of drug-likeness (QED) is 0.830. The SMILES string of the molecule is c1cc2c(nn1)NC(c1cc3c(cn1)CCCN3)CC2. The molecule has 2 aliphatic heterocycles. The lowest BCUT2D eigenvalue weighted by atomic mass is 9.97. The van der Waals surface area contributed by atoms with Crippen LogP contribution in [-0.2, 0) is 12.8 Å². The molecule has 20 heavy (non-hydrogen) atoms. The summed E-state index contributed by atoms with van der Waals surface area (Å²) in [6, 6.07) is 4.45. The molecule has 2 aliphatic rings. The van der Waals surface area contributed by atoms with E-state index in [1.165, 1.54) is 23.2 Å². The second kappa shape index (κ2) is 4.74. The molecule has 0 saturated heterocycles. The van der Waals surface area contributed by atoms with Crippen molar-refractivity contribution in [3.63, 3.8) is 0 Å². The van der Waals surface area contributed by atoms with Gasteiger partial charge in [-0.25, -0.2) is 0 Å². The second-order valence-corrected chi connectivity index (χ2v) is 5.44. The zero-order valence-electron chi connectivity index (χ0n) is 11.3. The van der Waals surface area contributed by atoms with E-state index in [4.69, 9.17) is 0 Å². The highest BCUT2D eigenvalue weighted by molar-refractivity contribution is 5.54. The topological polar surface area (TPSA) is 62.7 Å². The van der Waals surface area contributed by atoms with Crippen molar-refractivity contribution in [3.05, 3.63) is 41.3 Å². The molecule has 0 bridgehead atoms. The van der Waals surface area contributed by atoms with Crippen LogP contribution >= 0.6 is 0 Å². The third-order valence-corrected chi connectivity index (χ3v) is 4.12. The molecule has 0 amide bonds. The Bertz CT molecular complexity index is 640. The first-order valence-corrected chi connectivity index (χ1v) is 7.20. The van der Waals surface area contributed by atoms with E-state index in [-0.39, 0.29) is 6.04 Å². The lowest BCUT2D eigenvalue weighted by Crippen LogP contribution is -2.21. The molecule has 0 spiro atoms. The Labute approximate surface area is 117 Å². The van der Waals surface area contributed by atoms with Crippen LogP contribution in [0.4, 0.5) is 11.5 Å². The van der Waals surface area contributed by atoms with Gasteiger partial charge in [0.1, 0.15) is 0 Å². The van der Waals surface area contributed by atoms with Crippen molar-refractivity contribution in [2.45, 2.75) is 31.7 Å². The minimum atomic E-state index is 0.230. The van der Waals surface area contributed by atoms with Crippen LogP contribution in [0.25, 0.3) is 0 Å². The van der Waals surface area contributed by atoms with Crippen molar-refractivity contribution in [1.82, 2.24) is 15.2 Å². The van der Waals surface area contributed by atoms with Crippen molar-refractivity contribution in [2.75, 3.05) is 17.2 Å². The van der Waals surface area contributed by atoms with Crippen LogP contribution in [0.3, 0.4) is 0 Å². The fourth-order valence-electron chi connectivity index (χ4n) is 3.00. The van der Waals surface area contributed by atoms with Gasteiger partial charge in [-0.3, -0.25) is 4.98 Å². The third kappa shape index (κ3) is 1.99. The zero-order valence-corrected chi connectivity index (χ0v) is 11.3. The van der Waals surface area contributed by atoms with Gasteiger partial charge >= 0.3 is 0 Å². The Hall–Kier alpha value is -2.17. The highest BCUT2D eigenvalue weighted by Crippen LogP contribution is 2.32. The maximum atomic E-state index is 4.64. The highest BCUT2D eigenvalue weighted by Gasteiger charge is 2.22. The molecule has 5 nitrogen and oxygen atoms in total. The summed E-state index contributed by atoms with van der Waals surface area (Å²) in [7, 11) is 0. The van der Waals surface area contributed by atoms with E-state index < -0.39 is 0 Å². The smallest absolute Gasteiger partial charge is 0.152 e. The van der Waals surface area contributed by atoms with Crippen LogP contribution in [0.2, 0.25) is 0 Å². The number of rotatable bonds is 1. The molecule has 5 heteroatoms. The Balaban J connectivity index is 1.63. The molecule has 2 N–H and O–H groups in total. The number of aryl methyl sites for hydroxylation is 2. The number of fused-ring (bicyclic) bond motifs is 2. The molecule has 0 saturated carbocycles. The third-order valence-electron chi connectivity index (χ3n) is 4.12. The van der Waals surface area contributed by atoms with Crippen LogP contribution < -0.4 is 10.6 Å². The van der Waals surface area contributed by atoms with Gasteiger partial charge in [0.05, 0.1) is 17.9 Å². The van der Waals surface area contributed by atoms with E-state index in [0.717, 1.165) is 37.3 Å². The van der Waals surface area contributed by atoms with Crippen molar-refractivity contribution in [3.8, 4) is 0 Å². The maximum Gasteiger partial charge on any atom is 0.152 e. The van der Waals surface area contributed by atoms with Crippen LogP contribution in [-0.4, -0.2) is 21.7 Å². The van der Waals surface area contributed by atoms with E-state index in [9.17, 15) is 0 Å². The van der Waals surface area contributed by atoms with Gasteiger partial charge < -0.3 is 10.6 Å². The molecule has 0 aromatic carbocycles. The van der Waals surface area contributed by atoms with E-state index in [1.54, 1.807) is 6.20 Å². The predicted octanol–water partition coefficient (Wildman–Crippen LogP) is 2.33. The summed E-state index contributed by atoms with van der Waals surface area (Å²) in [5.74, 6) is 0.899. The fraction of sp³-hybridized carbons (Fsp3) is 0.400. The molecular weight excluding hydrogens is 250 g/mol. The molecule has 0 aliphatic carbocycles. The molecule has 1 atom stereocenters. The van der Waals surface area contributed by atoms with Gasteiger partial charge in [-0.2, -0.15) is 5.10 Å². The summed E-state index contributed by atoms with van der Waals surface area (Å²) >= 11 is 0. The van der Waals surface area contributed by atoms with E-state index in [1.807, 2.05) is 12.3 Å².